The summed E-state index contributed by atoms with van der Waals surface area (Å²) in [6.45, 7) is 15.1. The van der Waals surface area contributed by atoms with Crippen molar-refractivity contribution in [2.24, 2.45) is 0 Å². The van der Waals surface area contributed by atoms with Crippen molar-refractivity contribution in [3.8, 4) is 28.7 Å². The van der Waals surface area contributed by atoms with Crippen LogP contribution in [0.4, 0.5) is 0 Å². The third-order valence-electron chi connectivity index (χ3n) is 5.98. The van der Waals surface area contributed by atoms with Crippen LogP contribution in [0.2, 0.25) is 6.32 Å². The van der Waals surface area contributed by atoms with Crippen molar-refractivity contribution in [3.05, 3.63) is 122 Å². The minimum atomic E-state index is -0.227. The number of hydrogen-bond acceptors (Lipinski definition) is 5. The fourth-order valence-electron chi connectivity index (χ4n) is 3.69. The summed E-state index contributed by atoms with van der Waals surface area (Å²) < 4.78 is 18.5. The van der Waals surface area contributed by atoms with E-state index >= 15 is 0 Å². The Kier molecular flexibility index (Phi) is 14.5. The lowest BCUT2D eigenvalue weighted by molar-refractivity contribution is 0.156. The predicted octanol–water partition coefficient (Wildman–Crippen LogP) is 7.59. The maximum Gasteiger partial charge on any atom is 0.397 e. The van der Waals surface area contributed by atoms with E-state index in [1.807, 2.05) is 106 Å². The molecular formula is C34H42BN3O3. The molecule has 214 valence electrons. The van der Waals surface area contributed by atoms with Crippen molar-refractivity contribution >= 4 is 12.4 Å². The topological polar surface area (TPSA) is 58.4 Å². The van der Waals surface area contributed by atoms with Gasteiger partial charge in [-0.3, -0.25) is 0 Å². The standard InChI is InChI=1S/C27H26BN3O2.C5H10O.C2H6/c1-4-10-21(2)20-28(23-14-16-24(32-3)17-15-23)33-27-19-25(22-11-6-5-7-12-22)30-31(27)26-13-8-9-18-29-26;1-4-5(2)6-3;1-2/h4-19H,1,20H2,2-3H3;4-5H,1H2,2-3H3;1-2H3/b21-10+;;. The Hall–Kier alpha value is -4.36. The zero-order valence-corrected chi connectivity index (χ0v) is 25.2. The number of pyridine rings is 1. The number of nitrogens with zero attached hydrogens (tertiary/aromatic N) is 3. The summed E-state index contributed by atoms with van der Waals surface area (Å²) in [6, 6.07) is 25.7. The quantitative estimate of drug-likeness (QED) is 0.109. The molecule has 0 saturated heterocycles. The monoisotopic (exact) mass is 551 g/mol. The lowest BCUT2D eigenvalue weighted by atomic mass is 9.56. The number of rotatable bonds is 11. The van der Waals surface area contributed by atoms with Gasteiger partial charge in [-0.25, -0.2) is 4.98 Å². The highest BCUT2D eigenvalue weighted by molar-refractivity contribution is 6.68. The summed E-state index contributed by atoms with van der Waals surface area (Å²) in [5.41, 5.74) is 4.05. The van der Waals surface area contributed by atoms with E-state index in [9.17, 15) is 0 Å². The maximum absolute atomic E-state index is 6.62. The first-order valence-corrected chi connectivity index (χ1v) is 13.8. The molecule has 0 fully saturated rings. The zero-order valence-electron chi connectivity index (χ0n) is 25.2. The number of methoxy groups -OCH3 is 2. The second-order valence-electron chi connectivity index (χ2n) is 8.84. The second kappa shape index (κ2) is 18.1. The van der Waals surface area contributed by atoms with E-state index < -0.39 is 0 Å². The Morgan fingerprint density at radius 3 is 2.20 bits per heavy atom. The zero-order chi connectivity index (χ0) is 30.0. The summed E-state index contributed by atoms with van der Waals surface area (Å²) in [5.74, 6) is 2.13. The minimum Gasteiger partial charge on any atom is -0.542 e. The molecule has 0 amide bonds. The number of hydrogen-bond donors (Lipinski definition) is 0. The molecule has 4 aromatic rings. The van der Waals surface area contributed by atoms with Crippen LogP contribution < -0.4 is 14.9 Å². The lowest BCUT2D eigenvalue weighted by Crippen LogP contribution is -2.37. The van der Waals surface area contributed by atoms with Crippen LogP contribution in [0.1, 0.15) is 27.7 Å². The largest absolute Gasteiger partial charge is 0.542 e. The van der Waals surface area contributed by atoms with Crippen molar-refractivity contribution in [1.29, 1.82) is 0 Å². The Morgan fingerprint density at radius 1 is 0.976 bits per heavy atom. The van der Waals surface area contributed by atoms with Crippen LogP contribution in [0.3, 0.4) is 0 Å². The molecule has 0 aliphatic rings. The lowest BCUT2D eigenvalue weighted by Gasteiger charge is -2.17. The van der Waals surface area contributed by atoms with Gasteiger partial charge in [-0.1, -0.05) is 92.8 Å². The number of ether oxygens (including phenoxy) is 2. The highest BCUT2D eigenvalue weighted by Gasteiger charge is 2.25. The van der Waals surface area contributed by atoms with Crippen molar-refractivity contribution in [2.75, 3.05) is 14.2 Å². The Labute approximate surface area is 246 Å². The van der Waals surface area contributed by atoms with Crippen molar-refractivity contribution in [2.45, 2.75) is 40.1 Å². The van der Waals surface area contributed by atoms with Crippen LogP contribution in [0, 0.1) is 0 Å². The molecule has 2 aromatic heterocycles. The van der Waals surface area contributed by atoms with E-state index in [0.29, 0.717) is 18.0 Å². The molecule has 41 heavy (non-hydrogen) atoms. The summed E-state index contributed by atoms with van der Waals surface area (Å²) in [4.78, 5) is 4.49. The summed E-state index contributed by atoms with van der Waals surface area (Å²) in [6.07, 6.45) is 8.20. The van der Waals surface area contributed by atoms with Gasteiger partial charge in [0, 0.05) is 24.9 Å². The van der Waals surface area contributed by atoms with Crippen LogP contribution in [0.5, 0.6) is 11.6 Å². The van der Waals surface area contributed by atoms with E-state index in [-0.39, 0.29) is 13.0 Å². The Morgan fingerprint density at radius 2 is 1.66 bits per heavy atom. The van der Waals surface area contributed by atoms with Gasteiger partial charge in [0.25, 0.3) is 0 Å². The molecule has 2 aromatic carbocycles. The van der Waals surface area contributed by atoms with Crippen molar-refractivity contribution in [1.82, 2.24) is 14.8 Å². The molecule has 4 rings (SSSR count). The summed E-state index contributed by atoms with van der Waals surface area (Å²) >= 11 is 0. The first-order valence-electron chi connectivity index (χ1n) is 13.8. The summed E-state index contributed by atoms with van der Waals surface area (Å²) in [5, 5.41) is 4.82. The third kappa shape index (κ3) is 10.3. The predicted molar refractivity (Wildman–Crippen MR) is 173 cm³/mol. The highest BCUT2D eigenvalue weighted by atomic mass is 16.5. The first-order chi connectivity index (χ1) is 20.0. The molecule has 1 unspecified atom stereocenters. The van der Waals surface area contributed by atoms with E-state index in [0.717, 1.165) is 28.0 Å². The molecule has 0 aliphatic carbocycles. The Bertz CT molecular complexity index is 1340. The molecule has 0 bridgehead atoms. The molecular weight excluding hydrogens is 509 g/mol. The van der Waals surface area contributed by atoms with Gasteiger partial charge in [0.1, 0.15) is 5.75 Å². The molecule has 7 heteroatoms. The number of allylic oxidation sites excluding steroid dienone is 3. The first kappa shape index (κ1) is 32.9. The smallest absolute Gasteiger partial charge is 0.397 e. The van der Waals surface area contributed by atoms with Crippen LogP contribution in [0.15, 0.2) is 122 Å². The summed E-state index contributed by atoms with van der Waals surface area (Å²) in [7, 11) is 3.32. The minimum absolute atomic E-state index is 0.199. The average Bonchev–Trinajstić information content (AvgIpc) is 3.46. The van der Waals surface area contributed by atoms with Gasteiger partial charge < -0.3 is 14.1 Å². The molecule has 6 nitrogen and oxygen atoms in total. The van der Waals surface area contributed by atoms with Crippen LogP contribution >= 0.6 is 0 Å². The van der Waals surface area contributed by atoms with E-state index in [2.05, 4.69) is 25.1 Å². The molecule has 0 aliphatic heterocycles. The van der Waals surface area contributed by atoms with E-state index in [1.54, 1.807) is 37.3 Å². The number of benzene rings is 2. The van der Waals surface area contributed by atoms with Crippen LogP contribution in [0.25, 0.3) is 17.1 Å². The van der Waals surface area contributed by atoms with Gasteiger partial charge in [0.15, 0.2) is 5.82 Å². The highest BCUT2D eigenvalue weighted by Crippen LogP contribution is 2.27. The Balaban J connectivity index is 0.000000654. The molecule has 2 heterocycles. The molecule has 0 radical (unpaired) electrons. The molecule has 0 spiro atoms. The molecule has 0 saturated carbocycles. The van der Waals surface area contributed by atoms with Gasteiger partial charge in [-0.05, 0) is 49.9 Å². The van der Waals surface area contributed by atoms with E-state index in [4.69, 9.17) is 19.2 Å². The van der Waals surface area contributed by atoms with Crippen LogP contribution in [-0.2, 0) is 4.74 Å². The van der Waals surface area contributed by atoms with Crippen LogP contribution in [-0.4, -0.2) is 42.0 Å². The normalized spacial score (nSPS) is 11.1. The van der Waals surface area contributed by atoms with Gasteiger partial charge in [0.05, 0.1) is 18.9 Å². The number of aromatic nitrogens is 3. The SMILES string of the molecule is C=C/C=C(\C)CB(Oc1cc(-c2ccccc2)nn1-c1ccccn1)c1ccc(OC)cc1.C=CC(C)OC.CC. The average molecular weight is 552 g/mol. The van der Waals surface area contributed by atoms with Gasteiger partial charge in [-0.2, -0.15) is 9.78 Å². The van der Waals surface area contributed by atoms with Gasteiger partial charge in [-0.15, -0.1) is 6.58 Å². The third-order valence-corrected chi connectivity index (χ3v) is 5.98. The second-order valence-corrected chi connectivity index (χ2v) is 8.84. The fraction of sp³-hybridized carbons (Fsp3) is 0.235. The van der Waals surface area contributed by atoms with Gasteiger partial charge >= 0.3 is 6.92 Å². The van der Waals surface area contributed by atoms with Gasteiger partial charge in [0.2, 0.25) is 5.88 Å². The molecule has 0 N–H and O–H groups in total. The maximum atomic E-state index is 6.62. The van der Waals surface area contributed by atoms with E-state index in [1.165, 1.54) is 0 Å². The van der Waals surface area contributed by atoms with Crippen molar-refractivity contribution in [3.63, 3.8) is 0 Å². The fourth-order valence-corrected chi connectivity index (χ4v) is 3.69. The molecule has 1 atom stereocenters. The van der Waals surface area contributed by atoms with Crippen molar-refractivity contribution < 1.29 is 14.1 Å².